The predicted molar refractivity (Wildman–Crippen MR) is 82.5 cm³/mol. The van der Waals surface area contributed by atoms with Gasteiger partial charge in [-0.3, -0.25) is 0 Å². The second-order valence-corrected chi connectivity index (χ2v) is 6.06. The van der Waals surface area contributed by atoms with E-state index in [2.05, 4.69) is 12.2 Å². The lowest BCUT2D eigenvalue weighted by Gasteiger charge is -2.28. The van der Waals surface area contributed by atoms with E-state index in [1.54, 1.807) is 12.1 Å². The van der Waals surface area contributed by atoms with Gasteiger partial charge in [0, 0.05) is 29.2 Å². The van der Waals surface area contributed by atoms with E-state index in [4.69, 9.17) is 16.3 Å². The fourth-order valence-corrected chi connectivity index (χ4v) is 3.18. The third-order valence-electron chi connectivity index (χ3n) is 4.34. The first kappa shape index (κ1) is 15.5. The second-order valence-electron chi connectivity index (χ2n) is 5.62. The normalized spacial score (nSPS) is 22.8. The lowest BCUT2D eigenvalue weighted by Crippen LogP contribution is -2.32. The van der Waals surface area contributed by atoms with Gasteiger partial charge in [0.05, 0.1) is 7.11 Å². The number of nitrogens with one attached hydrogen (secondary N) is 1. The molecule has 1 aromatic carbocycles. The summed E-state index contributed by atoms with van der Waals surface area (Å²) in [5.74, 6) is 1.52. The Hall–Kier alpha value is -0.930. The molecule has 2 N–H and O–H groups in total. The molecule has 0 aliphatic heterocycles. The SMILES string of the molecule is CCC1CCC(NCc2cc(Cl)cc(OC)c2O)CC1. The molecule has 1 aliphatic carbocycles. The molecule has 0 atom stereocenters. The minimum absolute atomic E-state index is 0.187. The second kappa shape index (κ2) is 7.19. The number of ether oxygens (including phenoxy) is 1. The molecule has 0 bridgehead atoms. The molecule has 0 unspecified atom stereocenters. The van der Waals surface area contributed by atoms with Gasteiger partial charge in [0.1, 0.15) is 0 Å². The summed E-state index contributed by atoms with van der Waals surface area (Å²) in [5, 5.41) is 14.2. The number of rotatable bonds is 5. The molecule has 1 aliphatic rings. The molecule has 0 aromatic heterocycles. The van der Waals surface area contributed by atoms with E-state index in [9.17, 15) is 5.11 Å². The minimum atomic E-state index is 0.187. The van der Waals surface area contributed by atoms with Crippen molar-refractivity contribution in [1.82, 2.24) is 5.32 Å². The Morgan fingerprint density at radius 2 is 2.00 bits per heavy atom. The highest BCUT2D eigenvalue weighted by Gasteiger charge is 2.20. The van der Waals surface area contributed by atoms with E-state index >= 15 is 0 Å². The maximum Gasteiger partial charge on any atom is 0.162 e. The molecule has 20 heavy (non-hydrogen) atoms. The number of hydrogen-bond acceptors (Lipinski definition) is 3. The Kier molecular flexibility index (Phi) is 5.55. The Balaban J connectivity index is 1.93. The smallest absolute Gasteiger partial charge is 0.162 e. The zero-order chi connectivity index (χ0) is 14.5. The van der Waals surface area contributed by atoms with Crippen LogP contribution in [0.4, 0.5) is 0 Å². The number of phenols is 1. The molecule has 0 saturated heterocycles. The van der Waals surface area contributed by atoms with Crippen molar-refractivity contribution in [2.75, 3.05) is 7.11 Å². The lowest BCUT2D eigenvalue weighted by molar-refractivity contribution is 0.284. The quantitative estimate of drug-likeness (QED) is 0.859. The average Bonchev–Trinajstić information content (AvgIpc) is 2.48. The van der Waals surface area contributed by atoms with Gasteiger partial charge in [-0.15, -0.1) is 0 Å². The zero-order valence-electron chi connectivity index (χ0n) is 12.3. The third-order valence-corrected chi connectivity index (χ3v) is 4.56. The Labute approximate surface area is 126 Å². The maximum atomic E-state index is 10.1. The summed E-state index contributed by atoms with van der Waals surface area (Å²) in [5.41, 5.74) is 0.798. The fraction of sp³-hybridized carbons (Fsp3) is 0.625. The summed E-state index contributed by atoms with van der Waals surface area (Å²) < 4.78 is 5.12. The lowest BCUT2D eigenvalue weighted by atomic mass is 9.84. The summed E-state index contributed by atoms with van der Waals surface area (Å²) in [4.78, 5) is 0. The predicted octanol–water partition coefficient (Wildman–Crippen LogP) is 4.11. The highest BCUT2D eigenvalue weighted by Crippen LogP contribution is 2.34. The highest BCUT2D eigenvalue weighted by atomic mass is 35.5. The van der Waals surface area contributed by atoms with Crippen LogP contribution in [-0.4, -0.2) is 18.3 Å². The molecule has 0 radical (unpaired) electrons. The van der Waals surface area contributed by atoms with Gasteiger partial charge < -0.3 is 15.2 Å². The van der Waals surface area contributed by atoms with Crippen molar-refractivity contribution in [3.63, 3.8) is 0 Å². The van der Waals surface area contributed by atoms with E-state index in [0.29, 0.717) is 23.4 Å². The number of halogens is 1. The van der Waals surface area contributed by atoms with Crippen LogP contribution in [0.5, 0.6) is 11.5 Å². The number of methoxy groups -OCH3 is 1. The summed E-state index contributed by atoms with van der Waals surface area (Å²) in [6.07, 6.45) is 6.34. The molecule has 0 amide bonds. The highest BCUT2D eigenvalue weighted by molar-refractivity contribution is 6.30. The van der Waals surface area contributed by atoms with E-state index < -0.39 is 0 Å². The Bertz CT molecular complexity index is 442. The van der Waals surface area contributed by atoms with Gasteiger partial charge in [0.25, 0.3) is 0 Å². The molecule has 0 spiro atoms. The van der Waals surface area contributed by atoms with Crippen LogP contribution in [0.25, 0.3) is 0 Å². The van der Waals surface area contributed by atoms with Crippen molar-refractivity contribution >= 4 is 11.6 Å². The fourth-order valence-electron chi connectivity index (χ4n) is 2.95. The van der Waals surface area contributed by atoms with Crippen LogP contribution in [0.1, 0.15) is 44.6 Å². The average molecular weight is 298 g/mol. The van der Waals surface area contributed by atoms with Crippen molar-refractivity contribution < 1.29 is 9.84 Å². The van der Waals surface area contributed by atoms with Crippen molar-refractivity contribution in [3.8, 4) is 11.5 Å². The van der Waals surface area contributed by atoms with Crippen molar-refractivity contribution in [2.24, 2.45) is 5.92 Å². The first-order valence-electron chi connectivity index (χ1n) is 7.42. The summed E-state index contributed by atoms with van der Waals surface area (Å²) in [7, 11) is 1.54. The summed E-state index contributed by atoms with van der Waals surface area (Å²) in [6.45, 7) is 2.90. The van der Waals surface area contributed by atoms with Gasteiger partial charge in [-0.2, -0.15) is 0 Å². The third kappa shape index (κ3) is 3.80. The molecule has 0 heterocycles. The van der Waals surface area contributed by atoms with E-state index in [1.165, 1.54) is 39.2 Å². The van der Waals surface area contributed by atoms with Gasteiger partial charge >= 0.3 is 0 Å². The molecule has 112 valence electrons. The van der Waals surface area contributed by atoms with Crippen LogP contribution in [0, 0.1) is 5.92 Å². The molecular formula is C16H24ClNO2. The summed E-state index contributed by atoms with van der Waals surface area (Å²) >= 11 is 6.04. The van der Waals surface area contributed by atoms with E-state index in [1.807, 2.05) is 0 Å². The zero-order valence-corrected chi connectivity index (χ0v) is 13.0. The first-order valence-corrected chi connectivity index (χ1v) is 7.80. The minimum Gasteiger partial charge on any atom is -0.504 e. The molecule has 1 fully saturated rings. The molecule has 1 saturated carbocycles. The maximum absolute atomic E-state index is 10.1. The Morgan fingerprint density at radius 1 is 1.30 bits per heavy atom. The van der Waals surface area contributed by atoms with Crippen LogP contribution in [0.2, 0.25) is 5.02 Å². The van der Waals surface area contributed by atoms with Gasteiger partial charge in [0.2, 0.25) is 0 Å². The number of phenolic OH excluding ortho intramolecular Hbond substituents is 1. The number of hydrogen-bond donors (Lipinski definition) is 2. The van der Waals surface area contributed by atoms with Crippen LogP contribution in [-0.2, 0) is 6.54 Å². The standard InChI is InChI=1S/C16H24ClNO2/c1-3-11-4-6-14(7-5-11)18-10-12-8-13(17)9-15(20-2)16(12)19/h8-9,11,14,18-19H,3-7,10H2,1-2H3. The first-order chi connectivity index (χ1) is 9.63. The van der Waals surface area contributed by atoms with Gasteiger partial charge in [-0.25, -0.2) is 0 Å². The van der Waals surface area contributed by atoms with Crippen molar-refractivity contribution in [2.45, 2.75) is 51.6 Å². The molecule has 3 nitrogen and oxygen atoms in total. The van der Waals surface area contributed by atoms with Crippen molar-refractivity contribution in [1.29, 1.82) is 0 Å². The number of aromatic hydroxyl groups is 1. The molecule has 4 heteroatoms. The van der Waals surface area contributed by atoms with E-state index in [0.717, 1.165) is 11.5 Å². The van der Waals surface area contributed by atoms with Crippen LogP contribution >= 0.6 is 11.6 Å². The van der Waals surface area contributed by atoms with Gasteiger partial charge in [-0.1, -0.05) is 24.9 Å². The topological polar surface area (TPSA) is 41.5 Å². The van der Waals surface area contributed by atoms with Gasteiger partial charge in [-0.05, 0) is 37.7 Å². The van der Waals surface area contributed by atoms with E-state index in [-0.39, 0.29) is 5.75 Å². The monoisotopic (exact) mass is 297 g/mol. The van der Waals surface area contributed by atoms with Gasteiger partial charge in [0.15, 0.2) is 11.5 Å². The molecule has 2 rings (SSSR count). The molecular weight excluding hydrogens is 274 g/mol. The van der Waals surface area contributed by atoms with Crippen LogP contribution < -0.4 is 10.1 Å². The van der Waals surface area contributed by atoms with Crippen LogP contribution in [0.15, 0.2) is 12.1 Å². The largest absolute Gasteiger partial charge is 0.504 e. The van der Waals surface area contributed by atoms with Crippen LogP contribution in [0.3, 0.4) is 0 Å². The van der Waals surface area contributed by atoms with Crippen molar-refractivity contribution in [3.05, 3.63) is 22.7 Å². The Morgan fingerprint density at radius 3 is 2.60 bits per heavy atom. The summed E-state index contributed by atoms with van der Waals surface area (Å²) in [6, 6.07) is 3.97. The number of benzene rings is 1. The molecule has 1 aromatic rings.